The highest BCUT2D eigenvalue weighted by molar-refractivity contribution is 5.46. The molecular weight excluding hydrogens is 244 g/mol. The maximum absolute atomic E-state index is 6.11. The summed E-state index contributed by atoms with van der Waals surface area (Å²) in [5, 5.41) is 0. The van der Waals surface area contributed by atoms with Crippen molar-refractivity contribution in [2.75, 3.05) is 12.3 Å². The van der Waals surface area contributed by atoms with Crippen LogP contribution in [0.4, 0.5) is 5.69 Å². The van der Waals surface area contributed by atoms with Crippen LogP contribution in [0.2, 0.25) is 0 Å². The van der Waals surface area contributed by atoms with Crippen molar-refractivity contribution >= 4 is 5.69 Å². The van der Waals surface area contributed by atoms with Crippen molar-refractivity contribution in [2.45, 2.75) is 65.0 Å². The van der Waals surface area contributed by atoms with Gasteiger partial charge in [0.2, 0.25) is 0 Å². The number of rotatable bonds is 6. The van der Waals surface area contributed by atoms with Crippen LogP contribution in [0.1, 0.15) is 57.9 Å². The Morgan fingerprint density at radius 3 is 2.40 bits per heavy atom. The Labute approximate surface area is 124 Å². The molecule has 1 aromatic rings. The van der Waals surface area contributed by atoms with Crippen molar-refractivity contribution in [3.8, 4) is 0 Å². The van der Waals surface area contributed by atoms with Crippen molar-refractivity contribution in [2.24, 2.45) is 5.92 Å². The lowest BCUT2D eigenvalue weighted by molar-refractivity contribution is 0.128. The Kier molecular flexibility index (Phi) is 5.90. The predicted molar refractivity (Wildman–Crippen MR) is 87.6 cm³/mol. The highest BCUT2D eigenvalue weighted by atomic mass is 15.2. The second-order valence-corrected chi connectivity index (χ2v) is 6.25. The summed E-state index contributed by atoms with van der Waals surface area (Å²) >= 11 is 0. The monoisotopic (exact) mass is 274 g/mol. The van der Waals surface area contributed by atoms with Crippen LogP contribution in [0.3, 0.4) is 0 Å². The quantitative estimate of drug-likeness (QED) is 0.777. The van der Waals surface area contributed by atoms with Gasteiger partial charge in [0.05, 0.1) is 0 Å². The molecule has 2 nitrogen and oxygen atoms in total. The van der Waals surface area contributed by atoms with E-state index in [0.29, 0.717) is 0 Å². The van der Waals surface area contributed by atoms with Crippen LogP contribution < -0.4 is 5.73 Å². The molecule has 1 fully saturated rings. The number of para-hydroxylation sites is 1. The number of benzene rings is 1. The van der Waals surface area contributed by atoms with E-state index in [1.54, 1.807) is 0 Å². The van der Waals surface area contributed by atoms with E-state index in [4.69, 9.17) is 5.73 Å². The van der Waals surface area contributed by atoms with Gasteiger partial charge in [0.1, 0.15) is 0 Å². The van der Waals surface area contributed by atoms with E-state index in [-0.39, 0.29) is 0 Å². The fourth-order valence-electron chi connectivity index (χ4n) is 3.49. The van der Waals surface area contributed by atoms with E-state index in [2.05, 4.69) is 30.9 Å². The molecule has 0 amide bonds. The van der Waals surface area contributed by atoms with Crippen LogP contribution in [0.5, 0.6) is 0 Å². The van der Waals surface area contributed by atoms with Gasteiger partial charge >= 0.3 is 0 Å². The smallest absolute Gasteiger partial charge is 0.0359 e. The molecule has 2 heteroatoms. The Hall–Kier alpha value is -1.02. The average Bonchev–Trinajstić information content (AvgIpc) is 2.49. The summed E-state index contributed by atoms with van der Waals surface area (Å²) in [4.78, 5) is 2.66. The SMILES string of the molecule is CCCN(Cc1ccccc1N)C1CCC(CC)CC1. The standard InChI is InChI=1S/C18H30N2/c1-3-13-20(14-16-7-5-6-8-18(16)19)17-11-9-15(4-2)10-12-17/h5-8,15,17H,3-4,9-14,19H2,1-2H3. The normalized spacial score (nSPS) is 23.1. The van der Waals surface area contributed by atoms with E-state index < -0.39 is 0 Å². The largest absolute Gasteiger partial charge is 0.398 e. The Morgan fingerprint density at radius 2 is 1.80 bits per heavy atom. The van der Waals surface area contributed by atoms with Gasteiger partial charge in [0.25, 0.3) is 0 Å². The fourth-order valence-corrected chi connectivity index (χ4v) is 3.49. The summed E-state index contributed by atoms with van der Waals surface area (Å²) in [6, 6.07) is 9.08. The Bertz CT molecular complexity index is 394. The minimum Gasteiger partial charge on any atom is -0.398 e. The van der Waals surface area contributed by atoms with Crippen LogP contribution in [-0.2, 0) is 6.54 Å². The first-order valence-electron chi connectivity index (χ1n) is 8.32. The van der Waals surface area contributed by atoms with Gasteiger partial charge in [0, 0.05) is 18.3 Å². The molecular formula is C18H30N2. The van der Waals surface area contributed by atoms with Crippen LogP contribution in [0, 0.1) is 5.92 Å². The summed E-state index contributed by atoms with van der Waals surface area (Å²) < 4.78 is 0. The minimum absolute atomic E-state index is 0.761. The molecule has 1 aromatic carbocycles. The topological polar surface area (TPSA) is 29.3 Å². The summed E-state index contributed by atoms with van der Waals surface area (Å²) in [5.41, 5.74) is 8.34. The minimum atomic E-state index is 0.761. The number of nitrogen functional groups attached to an aromatic ring is 1. The second kappa shape index (κ2) is 7.68. The van der Waals surface area contributed by atoms with Gasteiger partial charge < -0.3 is 5.73 Å². The first-order chi connectivity index (χ1) is 9.74. The summed E-state index contributed by atoms with van der Waals surface area (Å²) in [7, 11) is 0. The highest BCUT2D eigenvalue weighted by Crippen LogP contribution is 2.30. The highest BCUT2D eigenvalue weighted by Gasteiger charge is 2.24. The van der Waals surface area contributed by atoms with Gasteiger partial charge in [-0.25, -0.2) is 0 Å². The first kappa shape index (κ1) is 15.4. The fraction of sp³-hybridized carbons (Fsp3) is 0.667. The van der Waals surface area contributed by atoms with Gasteiger partial charge in [-0.2, -0.15) is 0 Å². The third-order valence-corrected chi connectivity index (χ3v) is 4.85. The van der Waals surface area contributed by atoms with Crippen LogP contribution in [-0.4, -0.2) is 17.5 Å². The number of anilines is 1. The molecule has 0 saturated heterocycles. The molecule has 0 spiro atoms. The summed E-state index contributed by atoms with van der Waals surface area (Å²) in [5.74, 6) is 0.969. The molecule has 1 aliphatic rings. The maximum Gasteiger partial charge on any atom is 0.0359 e. The van der Waals surface area contributed by atoms with Gasteiger partial charge in [-0.05, 0) is 56.2 Å². The zero-order chi connectivity index (χ0) is 14.4. The predicted octanol–water partition coefficient (Wildman–Crippen LogP) is 4.45. The molecule has 0 unspecified atom stereocenters. The number of nitrogens with zero attached hydrogens (tertiary/aromatic N) is 1. The first-order valence-corrected chi connectivity index (χ1v) is 8.32. The molecule has 0 bridgehead atoms. The molecule has 112 valence electrons. The second-order valence-electron chi connectivity index (χ2n) is 6.25. The van der Waals surface area contributed by atoms with Crippen molar-refractivity contribution in [3.63, 3.8) is 0 Å². The van der Waals surface area contributed by atoms with E-state index in [0.717, 1.165) is 24.2 Å². The van der Waals surface area contributed by atoms with Crippen molar-refractivity contribution in [3.05, 3.63) is 29.8 Å². The number of hydrogen-bond donors (Lipinski definition) is 1. The zero-order valence-electron chi connectivity index (χ0n) is 13.1. The average molecular weight is 274 g/mol. The van der Waals surface area contributed by atoms with Crippen LogP contribution in [0.15, 0.2) is 24.3 Å². The number of hydrogen-bond acceptors (Lipinski definition) is 2. The molecule has 20 heavy (non-hydrogen) atoms. The lowest BCUT2D eigenvalue weighted by Crippen LogP contribution is -2.38. The summed E-state index contributed by atoms with van der Waals surface area (Å²) in [6.07, 6.45) is 8.13. The van der Waals surface area contributed by atoms with E-state index in [1.165, 1.54) is 50.6 Å². The van der Waals surface area contributed by atoms with Gasteiger partial charge in [-0.15, -0.1) is 0 Å². The third kappa shape index (κ3) is 3.99. The van der Waals surface area contributed by atoms with Gasteiger partial charge in [-0.1, -0.05) is 38.5 Å². The molecule has 0 radical (unpaired) electrons. The molecule has 1 aliphatic carbocycles. The molecule has 2 N–H and O–H groups in total. The van der Waals surface area contributed by atoms with E-state index in [1.807, 2.05) is 12.1 Å². The molecule has 0 aromatic heterocycles. The third-order valence-electron chi connectivity index (χ3n) is 4.85. The van der Waals surface area contributed by atoms with Crippen molar-refractivity contribution in [1.82, 2.24) is 4.90 Å². The molecule has 0 aliphatic heterocycles. The molecule has 1 saturated carbocycles. The maximum atomic E-state index is 6.11. The zero-order valence-corrected chi connectivity index (χ0v) is 13.1. The van der Waals surface area contributed by atoms with Crippen molar-refractivity contribution in [1.29, 1.82) is 0 Å². The molecule has 0 atom stereocenters. The van der Waals surface area contributed by atoms with E-state index >= 15 is 0 Å². The lowest BCUT2D eigenvalue weighted by atomic mass is 9.83. The Morgan fingerprint density at radius 1 is 1.10 bits per heavy atom. The van der Waals surface area contributed by atoms with Gasteiger partial charge in [0.15, 0.2) is 0 Å². The van der Waals surface area contributed by atoms with Crippen LogP contribution >= 0.6 is 0 Å². The summed E-state index contributed by atoms with van der Waals surface area (Å²) in [6.45, 7) is 6.82. The number of nitrogens with two attached hydrogens (primary N) is 1. The lowest BCUT2D eigenvalue weighted by Gasteiger charge is -2.37. The van der Waals surface area contributed by atoms with Crippen molar-refractivity contribution < 1.29 is 0 Å². The molecule has 0 heterocycles. The van der Waals surface area contributed by atoms with Crippen LogP contribution in [0.25, 0.3) is 0 Å². The molecule has 2 rings (SSSR count). The Balaban J connectivity index is 1.99. The van der Waals surface area contributed by atoms with Gasteiger partial charge in [-0.3, -0.25) is 4.90 Å². The van der Waals surface area contributed by atoms with E-state index in [9.17, 15) is 0 Å².